The first-order valence-electron chi connectivity index (χ1n) is 11.6. The highest BCUT2D eigenvalue weighted by Gasteiger charge is 2.17. The van der Waals surface area contributed by atoms with E-state index in [1.807, 2.05) is 12.1 Å². The zero-order chi connectivity index (χ0) is 24.9. The number of anilines is 3. The summed E-state index contributed by atoms with van der Waals surface area (Å²) in [7, 11) is 2.12. The number of nitrogens with one attached hydrogen (secondary N) is 2. The number of carbonyl (C=O) groups is 2. The normalized spacial score (nSPS) is 13.9. The predicted molar refractivity (Wildman–Crippen MR) is 143 cm³/mol. The number of nitrogens with zero attached hydrogens (tertiary/aromatic N) is 2. The molecule has 190 valence electrons. The minimum atomic E-state index is -0.558. The molecule has 3 aromatic carbocycles. The lowest BCUT2D eigenvalue weighted by Gasteiger charge is -2.23. The molecule has 36 heavy (non-hydrogen) atoms. The van der Waals surface area contributed by atoms with Gasteiger partial charge in [0.25, 0.3) is 11.8 Å². The van der Waals surface area contributed by atoms with Crippen LogP contribution < -0.4 is 15.5 Å². The Bertz CT molecular complexity index is 1240. The van der Waals surface area contributed by atoms with Gasteiger partial charge in [0.1, 0.15) is 17.3 Å². The van der Waals surface area contributed by atoms with Gasteiger partial charge in [-0.2, -0.15) is 0 Å². The van der Waals surface area contributed by atoms with Crippen LogP contribution in [0.3, 0.4) is 0 Å². The molecule has 2 amide bonds. The summed E-state index contributed by atoms with van der Waals surface area (Å²) in [5.74, 6) is -1.67. The number of phenols is 1. The van der Waals surface area contributed by atoms with E-state index in [9.17, 15) is 19.1 Å². The summed E-state index contributed by atoms with van der Waals surface area (Å²) in [6.07, 6.45) is 1.08. The van der Waals surface area contributed by atoms with Crippen LogP contribution in [-0.4, -0.2) is 55.0 Å². The number of carbonyl (C=O) groups excluding carboxylic acids is 2. The van der Waals surface area contributed by atoms with Crippen LogP contribution >= 0.6 is 12.4 Å². The Labute approximate surface area is 216 Å². The van der Waals surface area contributed by atoms with Gasteiger partial charge in [-0.05, 0) is 81.0 Å². The van der Waals surface area contributed by atoms with Crippen molar-refractivity contribution in [3.8, 4) is 5.75 Å². The second-order valence-electron chi connectivity index (χ2n) is 8.76. The van der Waals surface area contributed by atoms with Crippen molar-refractivity contribution in [2.45, 2.75) is 13.3 Å². The van der Waals surface area contributed by atoms with Crippen molar-refractivity contribution >= 4 is 41.3 Å². The lowest BCUT2D eigenvalue weighted by Crippen LogP contribution is -2.28. The molecule has 0 unspecified atom stereocenters. The van der Waals surface area contributed by atoms with Crippen LogP contribution in [0.4, 0.5) is 21.5 Å². The number of rotatable bonds is 5. The molecule has 1 saturated heterocycles. The lowest BCUT2D eigenvalue weighted by atomic mass is 10.1. The molecule has 1 aliphatic heterocycles. The van der Waals surface area contributed by atoms with E-state index >= 15 is 0 Å². The number of aryl methyl sites for hydroxylation is 1. The molecule has 9 heteroatoms. The van der Waals surface area contributed by atoms with E-state index in [0.29, 0.717) is 11.1 Å². The molecule has 0 bridgehead atoms. The lowest BCUT2D eigenvalue weighted by molar-refractivity contribution is 0.101. The number of aromatic hydroxyl groups is 1. The van der Waals surface area contributed by atoms with Gasteiger partial charge in [-0.1, -0.05) is 12.1 Å². The molecule has 0 saturated carbocycles. The fraction of sp³-hybridized carbons (Fsp3) is 0.259. The Kier molecular flexibility index (Phi) is 8.90. The molecule has 3 N–H and O–H groups in total. The average molecular weight is 513 g/mol. The molecule has 1 heterocycles. The number of para-hydroxylation sites is 1. The molecular formula is C27H30ClFN4O3. The van der Waals surface area contributed by atoms with Crippen LogP contribution in [0.15, 0.2) is 60.7 Å². The van der Waals surface area contributed by atoms with Gasteiger partial charge in [-0.25, -0.2) is 4.39 Å². The maximum atomic E-state index is 13.9. The molecule has 7 nitrogen and oxygen atoms in total. The van der Waals surface area contributed by atoms with E-state index in [0.717, 1.165) is 44.4 Å². The molecule has 4 rings (SSSR count). The maximum absolute atomic E-state index is 13.9. The van der Waals surface area contributed by atoms with Crippen LogP contribution in [-0.2, 0) is 0 Å². The van der Waals surface area contributed by atoms with E-state index in [4.69, 9.17) is 0 Å². The number of hydrogen-bond donors (Lipinski definition) is 3. The second-order valence-corrected chi connectivity index (χ2v) is 8.76. The Hall–Kier alpha value is -3.62. The van der Waals surface area contributed by atoms with Crippen LogP contribution in [0, 0.1) is 12.7 Å². The fourth-order valence-electron chi connectivity index (χ4n) is 4.02. The summed E-state index contributed by atoms with van der Waals surface area (Å²) in [6, 6.07) is 16.0. The molecule has 1 aliphatic rings. The molecule has 3 aromatic rings. The Morgan fingerprint density at radius 2 is 1.58 bits per heavy atom. The summed E-state index contributed by atoms with van der Waals surface area (Å²) < 4.78 is 13.9. The van der Waals surface area contributed by atoms with Crippen LogP contribution in [0.2, 0.25) is 0 Å². The van der Waals surface area contributed by atoms with Gasteiger partial charge in [-0.3, -0.25) is 9.59 Å². The van der Waals surface area contributed by atoms with Gasteiger partial charge in [0.15, 0.2) is 0 Å². The van der Waals surface area contributed by atoms with Gasteiger partial charge in [0.05, 0.1) is 5.69 Å². The van der Waals surface area contributed by atoms with Crippen LogP contribution in [0.5, 0.6) is 5.75 Å². The number of phenolic OH excluding ortho intramolecular Hbond substituents is 1. The summed E-state index contributed by atoms with van der Waals surface area (Å²) in [5, 5.41) is 15.7. The first-order chi connectivity index (χ1) is 16.8. The van der Waals surface area contributed by atoms with Crippen molar-refractivity contribution in [3.63, 3.8) is 0 Å². The highest BCUT2D eigenvalue weighted by atomic mass is 35.5. The topological polar surface area (TPSA) is 84.9 Å². The number of amides is 2. The fourth-order valence-corrected chi connectivity index (χ4v) is 4.02. The second kappa shape index (κ2) is 11.9. The summed E-state index contributed by atoms with van der Waals surface area (Å²) in [4.78, 5) is 30.2. The number of benzene rings is 3. The van der Waals surface area contributed by atoms with Crippen molar-refractivity contribution in [2.75, 3.05) is 48.8 Å². The van der Waals surface area contributed by atoms with Gasteiger partial charge in [0.2, 0.25) is 0 Å². The molecule has 0 aliphatic carbocycles. The molecule has 0 aromatic heterocycles. The highest BCUT2D eigenvalue weighted by molar-refractivity contribution is 6.11. The highest BCUT2D eigenvalue weighted by Crippen LogP contribution is 2.32. The first kappa shape index (κ1) is 27.0. The third-order valence-corrected chi connectivity index (χ3v) is 6.18. The Balaban J connectivity index is 0.00000361. The Morgan fingerprint density at radius 1 is 0.889 bits per heavy atom. The average Bonchev–Trinajstić information content (AvgIpc) is 3.07. The van der Waals surface area contributed by atoms with Crippen molar-refractivity contribution < 1.29 is 19.1 Å². The van der Waals surface area contributed by atoms with Gasteiger partial charge < -0.3 is 25.5 Å². The quantitative estimate of drug-likeness (QED) is 0.423. The van der Waals surface area contributed by atoms with E-state index < -0.39 is 17.6 Å². The van der Waals surface area contributed by atoms with Crippen LogP contribution in [0.1, 0.15) is 32.7 Å². The monoisotopic (exact) mass is 512 g/mol. The zero-order valence-electron chi connectivity index (χ0n) is 20.3. The molecule has 0 radical (unpaired) electrons. The third kappa shape index (κ3) is 6.33. The predicted octanol–water partition coefficient (Wildman–Crippen LogP) is 4.91. The number of halogens is 2. The van der Waals surface area contributed by atoms with E-state index in [1.165, 1.54) is 18.2 Å². The van der Waals surface area contributed by atoms with Gasteiger partial charge in [0, 0.05) is 36.4 Å². The smallest absolute Gasteiger partial charge is 0.255 e. The summed E-state index contributed by atoms with van der Waals surface area (Å²) >= 11 is 0. The number of likely N-dealkylation sites (N-methyl/N-ethyl adjacent to an activating group) is 1. The molecular weight excluding hydrogens is 483 g/mol. The zero-order valence-corrected chi connectivity index (χ0v) is 21.1. The maximum Gasteiger partial charge on any atom is 0.255 e. The summed E-state index contributed by atoms with van der Waals surface area (Å²) in [5.41, 5.74) is 2.30. The van der Waals surface area contributed by atoms with Crippen molar-refractivity contribution in [1.82, 2.24) is 4.90 Å². The molecule has 1 fully saturated rings. The Morgan fingerprint density at radius 3 is 2.31 bits per heavy atom. The van der Waals surface area contributed by atoms with E-state index in [1.54, 1.807) is 31.2 Å². The van der Waals surface area contributed by atoms with Gasteiger partial charge >= 0.3 is 0 Å². The molecule has 0 spiro atoms. The minimum absolute atomic E-state index is 0. The standard InChI is InChI=1S/C27H29FN4O3.ClH/c1-18-7-8-20(17-22(18)28)27(35)29-23-5-3-6-24(33)25(23)30-26(34)19-9-11-21(12-10-19)32-14-4-13-31(2)15-16-32;/h3,5-12,17,33H,4,13-16H2,1-2H3,(H,29,35)(H,30,34);1H. The molecule has 0 atom stereocenters. The van der Waals surface area contributed by atoms with E-state index in [2.05, 4.69) is 27.5 Å². The largest absolute Gasteiger partial charge is 0.506 e. The number of hydrogen-bond acceptors (Lipinski definition) is 5. The van der Waals surface area contributed by atoms with Crippen LogP contribution in [0.25, 0.3) is 0 Å². The summed E-state index contributed by atoms with van der Waals surface area (Å²) in [6.45, 7) is 5.54. The van der Waals surface area contributed by atoms with Crippen molar-refractivity contribution in [2.24, 2.45) is 0 Å². The van der Waals surface area contributed by atoms with Gasteiger partial charge in [-0.15, -0.1) is 12.4 Å². The first-order valence-corrected chi connectivity index (χ1v) is 11.6. The van der Waals surface area contributed by atoms with Crippen molar-refractivity contribution in [1.29, 1.82) is 0 Å². The SMILES string of the molecule is Cc1ccc(C(=O)Nc2cccc(O)c2NC(=O)c2ccc(N3CCCN(C)CC3)cc2)cc1F.Cl. The third-order valence-electron chi connectivity index (χ3n) is 6.18. The minimum Gasteiger partial charge on any atom is -0.506 e. The van der Waals surface area contributed by atoms with Crippen molar-refractivity contribution in [3.05, 3.63) is 83.2 Å². The van der Waals surface area contributed by atoms with E-state index in [-0.39, 0.29) is 35.1 Å².